The largest absolute Gasteiger partial charge is 0.381 e. The van der Waals surface area contributed by atoms with Crippen LogP contribution in [0, 0.1) is 5.82 Å². The normalized spacial score (nSPS) is 26.8. The number of hydrogen-bond donors (Lipinski definition) is 3. The molecule has 0 aliphatic carbocycles. The molecule has 3 aliphatic heterocycles. The van der Waals surface area contributed by atoms with Crippen molar-refractivity contribution in [2.75, 3.05) is 58.6 Å². The van der Waals surface area contributed by atoms with Crippen molar-refractivity contribution in [3.63, 3.8) is 0 Å². The first-order valence-electron chi connectivity index (χ1n) is 12.0. The number of nitrogens with one attached hydrogen (secondary N) is 2. The number of amides is 2. The maximum atomic E-state index is 13.5. The molecule has 3 aliphatic rings. The average molecular weight is 474 g/mol. The molecular weight excluding hydrogens is 441 g/mol. The number of likely N-dealkylation sites (tertiary alicyclic amines) is 1. The molecule has 0 aromatic carbocycles. The number of anilines is 1. The number of halogens is 1. The summed E-state index contributed by atoms with van der Waals surface area (Å²) in [6.45, 7) is 5.42. The van der Waals surface area contributed by atoms with Crippen LogP contribution in [0.15, 0.2) is 12.4 Å². The fraction of sp³-hybridized carbons (Fsp3) is 0.636. The SMILES string of the molecule is CN1CCC[C@H]1C(=O)N1CCN(C2CCNCC2NC(=O)c2c(N)nn3cc(F)cnc23)CC1. The van der Waals surface area contributed by atoms with E-state index in [1.807, 2.05) is 11.9 Å². The van der Waals surface area contributed by atoms with Gasteiger partial charge in [0.1, 0.15) is 5.56 Å². The number of nitrogens with two attached hydrogens (primary N) is 1. The number of fused-ring (bicyclic) bond motifs is 1. The van der Waals surface area contributed by atoms with Crippen LogP contribution < -0.4 is 16.4 Å². The third-order valence-corrected chi connectivity index (χ3v) is 7.36. The lowest BCUT2D eigenvalue weighted by molar-refractivity contribution is -0.137. The summed E-state index contributed by atoms with van der Waals surface area (Å²) in [6.07, 6.45) is 5.09. The van der Waals surface area contributed by atoms with Crippen molar-refractivity contribution in [3.8, 4) is 0 Å². The first kappa shape index (κ1) is 22.9. The maximum absolute atomic E-state index is 13.5. The van der Waals surface area contributed by atoms with E-state index in [4.69, 9.17) is 5.73 Å². The molecule has 5 rings (SSSR count). The fourth-order valence-corrected chi connectivity index (χ4v) is 5.52. The fourth-order valence-electron chi connectivity index (χ4n) is 5.52. The highest BCUT2D eigenvalue weighted by atomic mass is 19.1. The smallest absolute Gasteiger partial charge is 0.259 e. The molecule has 3 atom stereocenters. The molecule has 184 valence electrons. The van der Waals surface area contributed by atoms with Crippen molar-refractivity contribution >= 4 is 23.3 Å². The van der Waals surface area contributed by atoms with Crippen molar-refractivity contribution in [1.29, 1.82) is 0 Å². The van der Waals surface area contributed by atoms with Crippen molar-refractivity contribution in [1.82, 2.24) is 39.9 Å². The van der Waals surface area contributed by atoms with Crippen LogP contribution in [0.3, 0.4) is 0 Å². The minimum absolute atomic E-state index is 0.0101. The summed E-state index contributed by atoms with van der Waals surface area (Å²) in [5.41, 5.74) is 6.35. The summed E-state index contributed by atoms with van der Waals surface area (Å²) in [5, 5.41) is 10.5. The number of carbonyl (C=O) groups excluding carboxylic acids is 2. The second kappa shape index (κ2) is 9.43. The van der Waals surface area contributed by atoms with Crippen molar-refractivity contribution in [2.45, 2.75) is 37.4 Å². The van der Waals surface area contributed by atoms with E-state index in [-0.39, 0.29) is 47.0 Å². The molecule has 4 N–H and O–H groups in total. The molecule has 2 aromatic heterocycles. The zero-order valence-corrected chi connectivity index (χ0v) is 19.4. The summed E-state index contributed by atoms with van der Waals surface area (Å²) < 4.78 is 14.7. The van der Waals surface area contributed by atoms with Gasteiger partial charge in [-0.25, -0.2) is 13.9 Å². The number of likely N-dealkylation sites (N-methyl/N-ethyl adjacent to an activating group) is 1. The highest BCUT2D eigenvalue weighted by molar-refractivity contribution is 6.04. The summed E-state index contributed by atoms with van der Waals surface area (Å²) in [4.78, 5) is 36.6. The predicted octanol–water partition coefficient (Wildman–Crippen LogP) is -0.851. The molecule has 34 heavy (non-hydrogen) atoms. The Morgan fingerprint density at radius 2 is 2.00 bits per heavy atom. The molecule has 5 heterocycles. The average Bonchev–Trinajstić information content (AvgIpc) is 3.40. The molecule has 3 saturated heterocycles. The van der Waals surface area contributed by atoms with E-state index >= 15 is 0 Å². The topological polar surface area (TPSA) is 124 Å². The number of piperidine rings is 1. The van der Waals surface area contributed by atoms with E-state index in [1.54, 1.807) is 0 Å². The Balaban J connectivity index is 1.24. The van der Waals surface area contributed by atoms with Crippen LogP contribution in [0.5, 0.6) is 0 Å². The van der Waals surface area contributed by atoms with Gasteiger partial charge < -0.3 is 21.3 Å². The Kier molecular flexibility index (Phi) is 6.36. The zero-order valence-electron chi connectivity index (χ0n) is 19.4. The molecule has 12 heteroatoms. The van der Waals surface area contributed by atoms with Gasteiger partial charge >= 0.3 is 0 Å². The second-order valence-electron chi connectivity index (χ2n) is 9.44. The highest BCUT2D eigenvalue weighted by Crippen LogP contribution is 2.21. The van der Waals surface area contributed by atoms with E-state index in [0.29, 0.717) is 19.6 Å². The van der Waals surface area contributed by atoms with Gasteiger partial charge in [0.2, 0.25) is 5.91 Å². The van der Waals surface area contributed by atoms with Gasteiger partial charge in [-0.05, 0) is 39.4 Å². The zero-order chi connectivity index (χ0) is 23.8. The van der Waals surface area contributed by atoms with Gasteiger partial charge in [-0.1, -0.05) is 0 Å². The number of nitrogen functional groups attached to an aromatic ring is 1. The maximum Gasteiger partial charge on any atom is 0.259 e. The Bertz CT molecular complexity index is 1070. The molecule has 0 bridgehead atoms. The minimum Gasteiger partial charge on any atom is -0.381 e. The number of carbonyl (C=O) groups is 2. The third-order valence-electron chi connectivity index (χ3n) is 7.36. The van der Waals surface area contributed by atoms with E-state index in [9.17, 15) is 14.0 Å². The first-order chi connectivity index (χ1) is 16.4. The Morgan fingerprint density at radius 1 is 1.21 bits per heavy atom. The van der Waals surface area contributed by atoms with Crippen LogP contribution in [0.25, 0.3) is 5.65 Å². The molecule has 0 radical (unpaired) electrons. The van der Waals surface area contributed by atoms with Gasteiger partial charge in [0, 0.05) is 38.8 Å². The second-order valence-corrected chi connectivity index (χ2v) is 9.44. The van der Waals surface area contributed by atoms with Crippen LogP contribution in [0.2, 0.25) is 0 Å². The summed E-state index contributed by atoms with van der Waals surface area (Å²) in [7, 11) is 2.02. The lowest BCUT2D eigenvalue weighted by atomic mass is 9.97. The lowest BCUT2D eigenvalue weighted by Gasteiger charge is -2.45. The van der Waals surface area contributed by atoms with Crippen molar-refractivity contribution in [2.24, 2.45) is 0 Å². The summed E-state index contributed by atoms with van der Waals surface area (Å²) in [6, 6.07) is 0.0141. The Labute approximate surface area is 197 Å². The van der Waals surface area contributed by atoms with Gasteiger partial charge in [0.25, 0.3) is 5.91 Å². The molecule has 3 fully saturated rings. The van der Waals surface area contributed by atoms with E-state index in [1.165, 1.54) is 4.52 Å². The summed E-state index contributed by atoms with van der Waals surface area (Å²) in [5.74, 6) is -0.679. The molecule has 11 nitrogen and oxygen atoms in total. The number of aromatic nitrogens is 3. The van der Waals surface area contributed by atoms with E-state index < -0.39 is 5.82 Å². The quantitative estimate of drug-likeness (QED) is 0.525. The van der Waals surface area contributed by atoms with E-state index in [0.717, 1.165) is 57.8 Å². The molecule has 0 spiro atoms. The van der Waals surface area contributed by atoms with Crippen LogP contribution in [-0.4, -0.2) is 112 Å². The number of rotatable bonds is 4. The van der Waals surface area contributed by atoms with Gasteiger partial charge in [-0.15, -0.1) is 5.10 Å². The highest BCUT2D eigenvalue weighted by Gasteiger charge is 2.37. The Morgan fingerprint density at radius 3 is 2.74 bits per heavy atom. The van der Waals surface area contributed by atoms with Crippen molar-refractivity contribution < 1.29 is 14.0 Å². The van der Waals surface area contributed by atoms with Gasteiger partial charge in [-0.3, -0.25) is 19.4 Å². The van der Waals surface area contributed by atoms with Crippen LogP contribution in [0.4, 0.5) is 10.2 Å². The molecular formula is C22H32FN9O2. The lowest BCUT2D eigenvalue weighted by Crippen LogP contribution is -2.63. The van der Waals surface area contributed by atoms with E-state index in [2.05, 4.69) is 30.5 Å². The molecule has 2 amide bonds. The number of nitrogens with zero attached hydrogens (tertiary/aromatic N) is 6. The molecule has 2 unspecified atom stereocenters. The summed E-state index contributed by atoms with van der Waals surface area (Å²) >= 11 is 0. The van der Waals surface area contributed by atoms with Gasteiger partial charge in [0.15, 0.2) is 17.3 Å². The van der Waals surface area contributed by atoms with Crippen LogP contribution in [-0.2, 0) is 4.79 Å². The van der Waals surface area contributed by atoms with Gasteiger partial charge in [0.05, 0.1) is 24.5 Å². The van der Waals surface area contributed by atoms with Crippen molar-refractivity contribution in [3.05, 3.63) is 23.8 Å². The number of piperazine rings is 1. The number of hydrogen-bond acceptors (Lipinski definition) is 8. The van der Waals surface area contributed by atoms with Gasteiger partial charge in [-0.2, -0.15) is 0 Å². The predicted molar refractivity (Wildman–Crippen MR) is 124 cm³/mol. The van der Waals surface area contributed by atoms with Crippen LogP contribution >= 0.6 is 0 Å². The Hall–Kier alpha value is -2.83. The molecule has 0 saturated carbocycles. The van der Waals surface area contributed by atoms with Crippen LogP contribution in [0.1, 0.15) is 29.6 Å². The first-order valence-corrected chi connectivity index (χ1v) is 12.0. The monoisotopic (exact) mass is 473 g/mol. The third kappa shape index (κ3) is 4.32. The molecule has 2 aromatic rings. The standard InChI is InChI=1S/C22H32FN9O2/c1-29-6-2-3-17(29)22(34)31-9-7-30(8-10-31)16-4-5-25-12-15(16)27-21(33)18-19(24)28-32-13-14(23)11-26-20(18)32/h11,13,15-17,25H,2-10,12H2,1H3,(H2,24,28)(H,27,33)/t15?,16?,17-/m0/s1. The minimum atomic E-state index is -0.560.